The van der Waals surface area contributed by atoms with Crippen LogP contribution in [0.5, 0.6) is 5.75 Å². The molecule has 0 saturated heterocycles. The topological polar surface area (TPSA) is 92.0 Å². The molecule has 2 aromatic carbocycles. The fourth-order valence-electron chi connectivity index (χ4n) is 3.44. The van der Waals surface area contributed by atoms with Gasteiger partial charge < -0.3 is 13.7 Å². The van der Waals surface area contributed by atoms with Gasteiger partial charge in [-0.3, -0.25) is 4.57 Å². The number of ether oxygens (including phenoxy) is 1. The second kappa shape index (κ2) is 9.33. The van der Waals surface area contributed by atoms with Gasteiger partial charge in [0.15, 0.2) is 11.0 Å². The maximum atomic E-state index is 5.49. The van der Waals surface area contributed by atoms with E-state index in [1.165, 1.54) is 11.8 Å². The van der Waals surface area contributed by atoms with Gasteiger partial charge >= 0.3 is 0 Å². The summed E-state index contributed by atoms with van der Waals surface area (Å²) in [6.45, 7) is 2.55. The second-order valence-corrected chi connectivity index (χ2v) is 8.24. The van der Waals surface area contributed by atoms with Gasteiger partial charge in [-0.25, -0.2) is 0 Å². The maximum absolute atomic E-state index is 5.49. The lowest BCUT2D eigenvalue weighted by Crippen LogP contribution is -2.04. The summed E-state index contributed by atoms with van der Waals surface area (Å²) < 4.78 is 18.3. The Morgan fingerprint density at radius 3 is 2.70 bits per heavy atom. The van der Waals surface area contributed by atoms with Gasteiger partial charge in [0.1, 0.15) is 11.5 Å². The van der Waals surface area contributed by atoms with Crippen molar-refractivity contribution >= 4 is 11.8 Å². The molecule has 0 radical (unpaired) electrons. The summed E-state index contributed by atoms with van der Waals surface area (Å²) in [7, 11) is 1.63. The molecule has 0 saturated carbocycles. The molecule has 0 aliphatic carbocycles. The number of thioether (sulfide) groups is 1. The van der Waals surface area contributed by atoms with Gasteiger partial charge in [0.25, 0.3) is 0 Å². The number of hydrogen-bond donors (Lipinski definition) is 0. The summed E-state index contributed by atoms with van der Waals surface area (Å²) in [6, 6.07) is 19.7. The lowest BCUT2D eigenvalue weighted by atomic mass is 10.2. The first kappa shape index (κ1) is 21.0. The van der Waals surface area contributed by atoms with Crippen LogP contribution in [0.1, 0.15) is 17.2 Å². The van der Waals surface area contributed by atoms with Crippen LogP contribution in [0.2, 0.25) is 0 Å². The maximum Gasteiger partial charge on any atom is 0.237 e. The summed E-state index contributed by atoms with van der Waals surface area (Å²) in [5.41, 5.74) is 2.90. The highest BCUT2D eigenvalue weighted by Gasteiger charge is 2.19. The molecular weight excluding hydrogens is 438 g/mol. The van der Waals surface area contributed by atoms with Crippen LogP contribution in [0.3, 0.4) is 0 Å². The van der Waals surface area contributed by atoms with Gasteiger partial charge in [0, 0.05) is 5.56 Å². The molecular formula is C24H21N5O3S. The van der Waals surface area contributed by atoms with Gasteiger partial charge in [-0.2, -0.15) is 4.98 Å². The first-order valence-electron chi connectivity index (χ1n) is 10.3. The fourth-order valence-corrected chi connectivity index (χ4v) is 4.21. The monoisotopic (exact) mass is 459 g/mol. The van der Waals surface area contributed by atoms with Crippen molar-refractivity contribution in [2.45, 2.75) is 24.4 Å². The van der Waals surface area contributed by atoms with Crippen molar-refractivity contribution in [3.05, 3.63) is 84.1 Å². The molecule has 8 nitrogen and oxygen atoms in total. The molecule has 0 atom stereocenters. The van der Waals surface area contributed by atoms with Crippen molar-refractivity contribution in [2.75, 3.05) is 7.11 Å². The number of aryl methyl sites for hydroxylation is 1. The van der Waals surface area contributed by atoms with E-state index in [-0.39, 0.29) is 0 Å². The van der Waals surface area contributed by atoms with Crippen LogP contribution in [-0.2, 0) is 12.3 Å². The van der Waals surface area contributed by atoms with Gasteiger partial charge in [-0.15, -0.1) is 10.2 Å². The molecule has 0 unspecified atom stereocenters. The SMILES string of the molecule is COc1cccc(-c2noc(CSc3nnc(-c4ccoc4C)n3Cc3ccccc3)n2)c1. The van der Waals surface area contributed by atoms with Crippen molar-refractivity contribution in [3.8, 4) is 28.5 Å². The summed E-state index contributed by atoms with van der Waals surface area (Å²) in [4.78, 5) is 4.53. The molecule has 0 bridgehead atoms. The molecule has 166 valence electrons. The van der Waals surface area contributed by atoms with Gasteiger partial charge in [0.2, 0.25) is 11.7 Å². The minimum atomic E-state index is 0.467. The van der Waals surface area contributed by atoms with Crippen molar-refractivity contribution in [1.82, 2.24) is 24.9 Å². The van der Waals surface area contributed by atoms with Crippen LogP contribution < -0.4 is 4.74 Å². The lowest BCUT2D eigenvalue weighted by molar-refractivity contribution is 0.391. The predicted octanol–water partition coefficient (Wildman–Crippen LogP) is 5.25. The highest BCUT2D eigenvalue weighted by atomic mass is 32.2. The first-order valence-corrected chi connectivity index (χ1v) is 11.3. The number of furan rings is 1. The Balaban J connectivity index is 1.39. The van der Waals surface area contributed by atoms with E-state index in [0.29, 0.717) is 24.0 Å². The van der Waals surface area contributed by atoms with Crippen molar-refractivity contribution < 1.29 is 13.7 Å². The summed E-state index contributed by atoms with van der Waals surface area (Å²) in [6.07, 6.45) is 1.66. The smallest absolute Gasteiger partial charge is 0.237 e. The van der Waals surface area contributed by atoms with Crippen LogP contribution >= 0.6 is 11.8 Å². The highest BCUT2D eigenvalue weighted by molar-refractivity contribution is 7.98. The summed E-state index contributed by atoms with van der Waals surface area (Å²) in [5.74, 6) is 3.79. The quantitative estimate of drug-likeness (QED) is 0.291. The third kappa shape index (κ3) is 4.54. The highest BCUT2D eigenvalue weighted by Crippen LogP contribution is 2.30. The van der Waals surface area contributed by atoms with E-state index >= 15 is 0 Å². The number of nitrogens with zero attached hydrogens (tertiary/aromatic N) is 5. The minimum absolute atomic E-state index is 0.467. The van der Waals surface area contributed by atoms with Crippen LogP contribution in [0, 0.1) is 6.92 Å². The Kier molecular flexibility index (Phi) is 5.95. The molecule has 0 N–H and O–H groups in total. The van der Waals surface area contributed by atoms with Gasteiger partial charge in [0.05, 0.1) is 31.2 Å². The third-order valence-corrected chi connectivity index (χ3v) is 6.07. The lowest BCUT2D eigenvalue weighted by Gasteiger charge is -2.09. The molecule has 3 aromatic heterocycles. The molecule has 33 heavy (non-hydrogen) atoms. The fraction of sp³-hybridized carbons (Fsp3) is 0.167. The number of rotatable bonds is 8. The minimum Gasteiger partial charge on any atom is -0.497 e. The van der Waals surface area contributed by atoms with Crippen molar-refractivity contribution in [1.29, 1.82) is 0 Å². The molecule has 3 heterocycles. The number of hydrogen-bond acceptors (Lipinski definition) is 8. The van der Waals surface area contributed by atoms with Crippen LogP contribution in [-0.4, -0.2) is 32.0 Å². The normalized spacial score (nSPS) is 11.1. The van der Waals surface area contributed by atoms with Crippen LogP contribution in [0.25, 0.3) is 22.8 Å². The molecule has 0 fully saturated rings. The van der Waals surface area contributed by atoms with E-state index < -0.39 is 0 Å². The molecule has 0 amide bonds. The number of benzene rings is 2. The zero-order valence-electron chi connectivity index (χ0n) is 18.1. The third-order valence-electron chi connectivity index (χ3n) is 5.12. The number of aromatic nitrogens is 5. The summed E-state index contributed by atoms with van der Waals surface area (Å²) >= 11 is 1.50. The molecule has 0 spiro atoms. The van der Waals surface area contributed by atoms with Crippen LogP contribution in [0.4, 0.5) is 0 Å². The molecule has 5 aromatic rings. The first-order chi connectivity index (χ1) is 16.2. The summed E-state index contributed by atoms with van der Waals surface area (Å²) in [5, 5.41) is 13.8. The van der Waals surface area contributed by atoms with Crippen LogP contribution in [0.15, 0.2) is 81.0 Å². The Morgan fingerprint density at radius 2 is 1.91 bits per heavy atom. The van der Waals surface area contributed by atoms with E-state index in [4.69, 9.17) is 13.7 Å². The van der Waals surface area contributed by atoms with E-state index in [9.17, 15) is 0 Å². The Hall–Kier alpha value is -3.85. The van der Waals surface area contributed by atoms with E-state index in [0.717, 1.165) is 39.2 Å². The van der Waals surface area contributed by atoms with E-state index in [1.54, 1.807) is 13.4 Å². The molecule has 5 rings (SSSR count). The zero-order valence-corrected chi connectivity index (χ0v) is 19.0. The van der Waals surface area contributed by atoms with Gasteiger partial charge in [-0.05, 0) is 30.7 Å². The average Bonchev–Trinajstić information content (AvgIpc) is 3.59. The molecule has 0 aliphatic rings. The largest absolute Gasteiger partial charge is 0.497 e. The Labute approximate surface area is 194 Å². The number of methoxy groups -OCH3 is 1. The Morgan fingerprint density at radius 1 is 1.03 bits per heavy atom. The standard InChI is InChI=1S/C24H21N5O3S/c1-16-20(11-12-31-16)23-26-27-24(29(23)14-17-7-4-3-5-8-17)33-15-21-25-22(28-32-21)18-9-6-10-19(13-18)30-2/h3-13H,14-15H2,1-2H3. The Bertz CT molecular complexity index is 1360. The van der Waals surface area contributed by atoms with Gasteiger partial charge in [-0.1, -0.05) is 59.4 Å². The van der Waals surface area contributed by atoms with E-state index in [1.807, 2.05) is 55.5 Å². The molecule has 0 aliphatic heterocycles. The second-order valence-electron chi connectivity index (χ2n) is 7.30. The zero-order chi connectivity index (χ0) is 22.6. The van der Waals surface area contributed by atoms with E-state index in [2.05, 4.69) is 37.0 Å². The average molecular weight is 460 g/mol. The van der Waals surface area contributed by atoms with Crippen molar-refractivity contribution in [2.24, 2.45) is 0 Å². The predicted molar refractivity (Wildman–Crippen MR) is 124 cm³/mol. The molecule has 9 heteroatoms. The van der Waals surface area contributed by atoms with Crippen molar-refractivity contribution in [3.63, 3.8) is 0 Å².